The number of aryl methyl sites for hydroxylation is 2. The quantitative estimate of drug-likeness (QED) is 0.558. The molecule has 0 aliphatic heterocycles. The molecule has 0 fully saturated rings. The van der Waals surface area contributed by atoms with Gasteiger partial charge < -0.3 is 5.32 Å². The third-order valence-electron chi connectivity index (χ3n) is 5.30. The van der Waals surface area contributed by atoms with Gasteiger partial charge in [0.25, 0.3) is 11.5 Å². The number of fused-ring (bicyclic) bond motifs is 1. The van der Waals surface area contributed by atoms with Crippen molar-refractivity contribution in [2.24, 2.45) is 7.05 Å². The Bertz CT molecular complexity index is 1290. The highest BCUT2D eigenvalue weighted by atomic mass is 16.2. The van der Waals surface area contributed by atoms with Crippen LogP contribution in [0.3, 0.4) is 0 Å². The lowest BCUT2D eigenvalue weighted by atomic mass is 10.1. The number of amides is 1. The number of carbonyl (C=O) groups excluding carboxylic acids is 1. The topological polar surface area (TPSA) is 81.8 Å². The van der Waals surface area contributed by atoms with Crippen LogP contribution in [0, 0.1) is 13.8 Å². The van der Waals surface area contributed by atoms with E-state index in [1.807, 2.05) is 36.7 Å². The van der Waals surface area contributed by atoms with Crippen LogP contribution in [-0.2, 0) is 20.1 Å². The Hall–Kier alpha value is -3.74. The minimum atomic E-state index is -0.323. The second-order valence-corrected chi connectivity index (χ2v) is 7.30. The summed E-state index contributed by atoms with van der Waals surface area (Å²) < 4.78 is 3.15. The van der Waals surface area contributed by atoms with Gasteiger partial charge in [-0.3, -0.25) is 14.3 Å². The Balaban J connectivity index is 1.57. The van der Waals surface area contributed by atoms with Crippen LogP contribution in [0.1, 0.15) is 33.0 Å². The highest BCUT2D eigenvalue weighted by molar-refractivity contribution is 6.04. The van der Waals surface area contributed by atoms with Crippen LogP contribution in [0.2, 0.25) is 0 Å². The van der Waals surface area contributed by atoms with Gasteiger partial charge in [-0.2, -0.15) is 10.2 Å². The Morgan fingerprint density at radius 2 is 1.63 bits per heavy atom. The summed E-state index contributed by atoms with van der Waals surface area (Å²) in [5, 5.41) is 12.8. The maximum absolute atomic E-state index is 12.9. The van der Waals surface area contributed by atoms with Crippen molar-refractivity contribution in [2.45, 2.75) is 26.9 Å². The zero-order valence-corrected chi connectivity index (χ0v) is 17.2. The maximum Gasteiger partial charge on any atom is 0.274 e. The lowest BCUT2D eigenvalue weighted by molar-refractivity contribution is 0.0945. The summed E-state index contributed by atoms with van der Waals surface area (Å²) in [6.45, 7) is 4.96. The number of rotatable bonds is 5. The molecule has 30 heavy (non-hydrogen) atoms. The summed E-state index contributed by atoms with van der Waals surface area (Å²) in [7, 11) is 1.55. The maximum atomic E-state index is 12.9. The fourth-order valence-electron chi connectivity index (χ4n) is 3.62. The molecule has 0 bridgehead atoms. The molecule has 0 atom stereocenters. The van der Waals surface area contributed by atoms with Gasteiger partial charge in [-0.15, -0.1) is 0 Å². The number of hydrogen-bond acceptors (Lipinski definition) is 4. The zero-order valence-electron chi connectivity index (χ0n) is 17.2. The van der Waals surface area contributed by atoms with Gasteiger partial charge in [-0.05, 0) is 25.5 Å². The molecule has 152 valence electrons. The average Bonchev–Trinajstić information content (AvgIpc) is 3.02. The number of nitrogens with zero attached hydrogens (tertiary/aromatic N) is 4. The molecule has 2 aromatic heterocycles. The lowest BCUT2D eigenvalue weighted by Crippen LogP contribution is -2.29. The summed E-state index contributed by atoms with van der Waals surface area (Å²) in [6.07, 6.45) is 0. The summed E-state index contributed by atoms with van der Waals surface area (Å²) in [5.41, 5.74) is 4.04. The van der Waals surface area contributed by atoms with Crippen LogP contribution >= 0.6 is 0 Å². The van der Waals surface area contributed by atoms with Gasteiger partial charge in [0, 0.05) is 30.2 Å². The summed E-state index contributed by atoms with van der Waals surface area (Å²) >= 11 is 0. The van der Waals surface area contributed by atoms with Gasteiger partial charge in [0.15, 0.2) is 5.69 Å². The van der Waals surface area contributed by atoms with E-state index in [0.717, 1.165) is 17.0 Å². The molecule has 4 rings (SSSR count). The van der Waals surface area contributed by atoms with Crippen LogP contribution in [0.15, 0.2) is 59.4 Å². The summed E-state index contributed by atoms with van der Waals surface area (Å²) in [4.78, 5) is 25.2. The van der Waals surface area contributed by atoms with Crippen LogP contribution in [0.5, 0.6) is 0 Å². The third-order valence-corrected chi connectivity index (χ3v) is 5.30. The monoisotopic (exact) mass is 401 g/mol. The van der Waals surface area contributed by atoms with E-state index < -0.39 is 0 Å². The van der Waals surface area contributed by atoms with Crippen molar-refractivity contribution in [1.29, 1.82) is 0 Å². The van der Waals surface area contributed by atoms with Crippen LogP contribution in [-0.4, -0.2) is 25.5 Å². The molecule has 7 nitrogen and oxygen atoms in total. The first-order valence-corrected chi connectivity index (χ1v) is 9.76. The molecule has 0 saturated carbocycles. The molecule has 0 aliphatic carbocycles. The molecular weight excluding hydrogens is 378 g/mol. The van der Waals surface area contributed by atoms with Gasteiger partial charge in [-0.1, -0.05) is 48.5 Å². The standard InChI is InChI=1S/C23H23N5O2/c1-15-20(16(2)28(25-15)14-17-9-5-4-6-10-17)13-24-22(29)21-18-11-7-8-12-19(18)23(30)27(3)26-21/h4-12H,13-14H2,1-3H3,(H,24,29). The second kappa shape index (κ2) is 7.94. The van der Waals surface area contributed by atoms with E-state index in [4.69, 9.17) is 0 Å². The average molecular weight is 401 g/mol. The van der Waals surface area contributed by atoms with E-state index in [9.17, 15) is 9.59 Å². The molecular formula is C23H23N5O2. The Morgan fingerprint density at radius 1 is 0.967 bits per heavy atom. The lowest BCUT2D eigenvalue weighted by Gasteiger charge is -2.10. The van der Waals surface area contributed by atoms with Crippen molar-refractivity contribution in [1.82, 2.24) is 24.9 Å². The van der Waals surface area contributed by atoms with E-state index >= 15 is 0 Å². The predicted molar refractivity (Wildman–Crippen MR) is 115 cm³/mol. The van der Waals surface area contributed by atoms with Crippen LogP contribution in [0.25, 0.3) is 10.8 Å². The first kappa shape index (κ1) is 19.6. The highest BCUT2D eigenvalue weighted by Crippen LogP contribution is 2.16. The van der Waals surface area contributed by atoms with Gasteiger partial charge >= 0.3 is 0 Å². The largest absolute Gasteiger partial charge is 0.346 e. The zero-order chi connectivity index (χ0) is 21.3. The molecule has 1 N–H and O–H groups in total. The first-order valence-electron chi connectivity index (χ1n) is 9.76. The minimum absolute atomic E-state index is 0.226. The third kappa shape index (κ3) is 3.61. The Labute approximate surface area is 174 Å². The number of carbonyl (C=O) groups is 1. The van der Waals surface area contributed by atoms with Crippen molar-refractivity contribution in [3.63, 3.8) is 0 Å². The molecule has 0 unspecified atom stereocenters. The van der Waals surface area contributed by atoms with Crippen molar-refractivity contribution in [2.75, 3.05) is 0 Å². The molecule has 0 radical (unpaired) electrons. The number of benzene rings is 2. The summed E-state index contributed by atoms with van der Waals surface area (Å²) in [6, 6.07) is 17.2. The van der Waals surface area contributed by atoms with Gasteiger partial charge in [-0.25, -0.2) is 4.68 Å². The molecule has 2 heterocycles. The number of hydrogen-bond donors (Lipinski definition) is 1. The van der Waals surface area contributed by atoms with Gasteiger partial charge in [0.1, 0.15) is 0 Å². The molecule has 0 aliphatic rings. The molecule has 1 amide bonds. The summed E-state index contributed by atoms with van der Waals surface area (Å²) in [5.74, 6) is -0.323. The fraction of sp³-hybridized carbons (Fsp3) is 0.217. The molecule has 0 saturated heterocycles. The van der Waals surface area contributed by atoms with Gasteiger partial charge in [0.2, 0.25) is 0 Å². The van der Waals surface area contributed by atoms with E-state index in [1.165, 1.54) is 10.2 Å². The molecule has 2 aromatic carbocycles. The van der Waals surface area contributed by atoms with E-state index in [2.05, 4.69) is 27.6 Å². The first-order chi connectivity index (χ1) is 14.5. The highest BCUT2D eigenvalue weighted by Gasteiger charge is 2.17. The predicted octanol–water partition coefficient (Wildman–Crippen LogP) is 2.73. The van der Waals surface area contributed by atoms with Crippen molar-refractivity contribution in [3.8, 4) is 0 Å². The van der Waals surface area contributed by atoms with Gasteiger partial charge in [0.05, 0.1) is 17.6 Å². The van der Waals surface area contributed by atoms with E-state index in [0.29, 0.717) is 23.9 Å². The van der Waals surface area contributed by atoms with Crippen molar-refractivity contribution < 1.29 is 4.79 Å². The SMILES string of the molecule is Cc1nn(Cc2ccccc2)c(C)c1CNC(=O)c1nn(C)c(=O)c2ccccc12. The molecule has 7 heteroatoms. The minimum Gasteiger partial charge on any atom is -0.346 e. The Morgan fingerprint density at radius 3 is 2.37 bits per heavy atom. The molecule has 0 spiro atoms. The smallest absolute Gasteiger partial charge is 0.274 e. The van der Waals surface area contributed by atoms with E-state index in [-0.39, 0.29) is 17.2 Å². The van der Waals surface area contributed by atoms with Crippen LogP contribution < -0.4 is 10.9 Å². The number of aromatic nitrogens is 4. The van der Waals surface area contributed by atoms with Crippen molar-refractivity contribution >= 4 is 16.7 Å². The normalized spacial score (nSPS) is 11.0. The van der Waals surface area contributed by atoms with E-state index in [1.54, 1.807) is 31.3 Å². The van der Waals surface area contributed by atoms with Crippen LogP contribution in [0.4, 0.5) is 0 Å². The van der Waals surface area contributed by atoms with Crippen molar-refractivity contribution in [3.05, 3.63) is 93.2 Å². The second-order valence-electron chi connectivity index (χ2n) is 7.30. The number of nitrogens with one attached hydrogen (secondary N) is 1. The fourth-order valence-corrected chi connectivity index (χ4v) is 3.62. The Kier molecular flexibility index (Phi) is 5.18. The molecule has 4 aromatic rings.